The van der Waals surface area contributed by atoms with Gasteiger partial charge in [0, 0.05) is 12.3 Å². The van der Waals surface area contributed by atoms with E-state index in [1.54, 1.807) is 0 Å². The van der Waals surface area contributed by atoms with Gasteiger partial charge in [-0.25, -0.2) is 9.97 Å². The van der Waals surface area contributed by atoms with Crippen LogP contribution in [0.1, 0.15) is 52.2 Å². The van der Waals surface area contributed by atoms with E-state index in [0.29, 0.717) is 29.4 Å². The smallest absolute Gasteiger partial charge is 0.159 e. The van der Waals surface area contributed by atoms with Gasteiger partial charge in [-0.05, 0) is 31.2 Å². The van der Waals surface area contributed by atoms with Gasteiger partial charge in [-0.3, -0.25) is 0 Å². The minimum Gasteiger partial charge on any atom is -0.370 e. The Morgan fingerprint density at radius 3 is 2.39 bits per heavy atom. The molecule has 0 N–H and O–H groups in total. The summed E-state index contributed by atoms with van der Waals surface area (Å²) >= 11 is 6.08. The van der Waals surface area contributed by atoms with Gasteiger partial charge in [0.1, 0.15) is 11.3 Å². The van der Waals surface area contributed by atoms with Gasteiger partial charge in [-0.1, -0.05) is 39.3 Å². The minimum absolute atomic E-state index is 0.0837. The molecule has 0 radical (unpaired) electrons. The lowest BCUT2D eigenvalue weighted by molar-refractivity contribution is 0.0230. The van der Waals surface area contributed by atoms with Crippen molar-refractivity contribution in [3.05, 3.63) is 22.7 Å². The standard InChI is InChI=1S/C14H23ClN2O/c1-6-18-13(10(4)5)14-16-11(7-9(2)3)8-12(15)17-14/h8-10,13H,6-7H2,1-5H3. The highest BCUT2D eigenvalue weighted by molar-refractivity contribution is 6.29. The Bertz CT molecular complexity index is 380. The molecule has 0 bridgehead atoms. The molecule has 1 aromatic heterocycles. The van der Waals surface area contributed by atoms with Gasteiger partial charge in [0.05, 0.1) is 0 Å². The summed E-state index contributed by atoms with van der Waals surface area (Å²) in [7, 11) is 0. The van der Waals surface area contributed by atoms with Crippen molar-refractivity contribution in [2.45, 2.75) is 47.1 Å². The minimum atomic E-state index is -0.0837. The second-order valence-electron chi connectivity index (χ2n) is 5.26. The fourth-order valence-electron chi connectivity index (χ4n) is 1.88. The van der Waals surface area contributed by atoms with Crippen molar-refractivity contribution in [3.63, 3.8) is 0 Å². The molecule has 0 saturated heterocycles. The molecule has 1 unspecified atom stereocenters. The van der Waals surface area contributed by atoms with E-state index < -0.39 is 0 Å². The number of hydrogen-bond donors (Lipinski definition) is 0. The number of rotatable bonds is 6. The second kappa shape index (κ2) is 7.05. The molecule has 1 heterocycles. The summed E-state index contributed by atoms with van der Waals surface area (Å²) in [5, 5.41) is 0.501. The fraction of sp³-hybridized carbons (Fsp3) is 0.714. The number of aromatic nitrogens is 2. The molecule has 0 fully saturated rings. The molecule has 0 aromatic carbocycles. The first-order chi connectivity index (χ1) is 8.43. The molecular weight excluding hydrogens is 248 g/mol. The van der Waals surface area contributed by atoms with E-state index in [4.69, 9.17) is 16.3 Å². The van der Waals surface area contributed by atoms with E-state index in [2.05, 4.69) is 37.7 Å². The zero-order valence-corrected chi connectivity index (χ0v) is 12.7. The lowest BCUT2D eigenvalue weighted by Gasteiger charge is -2.20. The molecule has 18 heavy (non-hydrogen) atoms. The first kappa shape index (κ1) is 15.4. The highest BCUT2D eigenvalue weighted by Gasteiger charge is 2.20. The van der Waals surface area contributed by atoms with Gasteiger partial charge in [0.25, 0.3) is 0 Å². The highest BCUT2D eigenvalue weighted by Crippen LogP contribution is 2.24. The zero-order chi connectivity index (χ0) is 13.7. The molecule has 1 rings (SSSR count). The Hall–Kier alpha value is -0.670. The number of hydrogen-bond acceptors (Lipinski definition) is 3. The van der Waals surface area contributed by atoms with Crippen molar-refractivity contribution in [2.24, 2.45) is 11.8 Å². The first-order valence-corrected chi connectivity index (χ1v) is 6.96. The molecule has 1 atom stereocenters. The SMILES string of the molecule is CCOC(c1nc(Cl)cc(CC(C)C)n1)C(C)C. The Morgan fingerprint density at radius 2 is 1.89 bits per heavy atom. The van der Waals surface area contributed by atoms with E-state index in [1.807, 2.05) is 13.0 Å². The van der Waals surface area contributed by atoms with Crippen LogP contribution < -0.4 is 0 Å². The fourth-order valence-corrected chi connectivity index (χ4v) is 2.09. The van der Waals surface area contributed by atoms with E-state index in [1.165, 1.54) is 0 Å². The van der Waals surface area contributed by atoms with Gasteiger partial charge in [0.15, 0.2) is 5.82 Å². The van der Waals surface area contributed by atoms with E-state index in [-0.39, 0.29) is 6.10 Å². The number of nitrogens with zero attached hydrogens (tertiary/aromatic N) is 2. The zero-order valence-electron chi connectivity index (χ0n) is 11.9. The summed E-state index contributed by atoms with van der Waals surface area (Å²) in [6.45, 7) is 11.2. The summed E-state index contributed by atoms with van der Waals surface area (Å²) in [6.07, 6.45) is 0.825. The highest BCUT2D eigenvalue weighted by atomic mass is 35.5. The molecule has 0 saturated carbocycles. The van der Waals surface area contributed by atoms with Crippen LogP contribution in [0.4, 0.5) is 0 Å². The van der Waals surface area contributed by atoms with Crippen molar-refractivity contribution < 1.29 is 4.74 Å². The maximum Gasteiger partial charge on any atom is 0.159 e. The van der Waals surface area contributed by atoms with Crippen LogP contribution in [0.3, 0.4) is 0 Å². The third kappa shape index (κ3) is 4.54. The molecule has 102 valence electrons. The van der Waals surface area contributed by atoms with Crippen molar-refractivity contribution in [2.75, 3.05) is 6.61 Å². The quantitative estimate of drug-likeness (QED) is 0.731. The van der Waals surface area contributed by atoms with Gasteiger partial charge >= 0.3 is 0 Å². The Kier molecular flexibility index (Phi) is 6.03. The molecule has 0 aliphatic carbocycles. The van der Waals surface area contributed by atoms with Crippen LogP contribution >= 0.6 is 11.6 Å². The van der Waals surface area contributed by atoms with Crippen LogP contribution in [0.5, 0.6) is 0 Å². The Morgan fingerprint density at radius 1 is 1.22 bits per heavy atom. The molecule has 0 amide bonds. The third-order valence-corrected chi connectivity index (χ3v) is 2.78. The number of ether oxygens (including phenoxy) is 1. The molecule has 1 aromatic rings. The van der Waals surface area contributed by atoms with Crippen LogP contribution in [0.2, 0.25) is 5.15 Å². The van der Waals surface area contributed by atoms with E-state index in [0.717, 1.165) is 12.1 Å². The molecule has 0 aliphatic heterocycles. The molecular formula is C14H23ClN2O. The predicted octanol–water partition coefficient (Wildman–Crippen LogP) is 4.06. The average Bonchev–Trinajstić information content (AvgIpc) is 2.23. The van der Waals surface area contributed by atoms with Gasteiger partial charge in [-0.15, -0.1) is 0 Å². The normalized spacial score (nSPS) is 13.3. The summed E-state index contributed by atoms with van der Waals surface area (Å²) in [5.74, 6) is 1.58. The summed E-state index contributed by atoms with van der Waals surface area (Å²) in [6, 6.07) is 1.84. The van der Waals surface area contributed by atoms with Gasteiger partial charge in [-0.2, -0.15) is 0 Å². The monoisotopic (exact) mass is 270 g/mol. The third-order valence-electron chi connectivity index (χ3n) is 2.59. The second-order valence-corrected chi connectivity index (χ2v) is 5.65. The summed E-state index contributed by atoms with van der Waals surface area (Å²) < 4.78 is 5.72. The lowest BCUT2D eigenvalue weighted by atomic mass is 10.1. The van der Waals surface area contributed by atoms with Crippen molar-refractivity contribution in [1.82, 2.24) is 9.97 Å². The average molecular weight is 271 g/mol. The van der Waals surface area contributed by atoms with Crippen LogP contribution in [0.15, 0.2) is 6.07 Å². The number of halogens is 1. The Labute approximate surface area is 115 Å². The molecule has 0 spiro atoms. The van der Waals surface area contributed by atoms with Gasteiger partial charge in [0.2, 0.25) is 0 Å². The molecule has 4 heteroatoms. The van der Waals surface area contributed by atoms with Crippen LogP contribution in [-0.2, 0) is 11.2 Å². The Balaban J connectivity index is 3.02. The van der Waals surface area contributed by atoms with Crippen LogP contribution in [-0.4, -0.2) is 16.6 Å². The van der Waals surface area contributed by atoms with Crippen LogP contribution in [0.25, 0.3) is 0 Å². The van der Waals surface area contributed by atoms with Crippen molar-refractivity contribution in [1.29, 1.82) is 0 Å². The van der Waals surface area contributed by atoms with E-state index in [9.17, 15) is 0 Å². The van der Waals surface area contributed by atoms with Crippen molar-refractivity contribution >= 4 is 11.6 Å². The van der Waals surface area contributed by atoms with Gasteiger partial charge < -0.3 is 4.74 Å². The lowest BCUT2D eigenvalue weighted by Crippen LogP contribution is -2.16. The molecule has 3 nitrogen and oxygen atoms in total. The predicted molar refractivity (Wildman–Crippen MR) is 74.8 cm³/mol. The summed E-state index contributed by atoms with van der Waals surface area (Å²) in [4.78, 5) is 8.90. The van der Waals surface area contributed by atoms with Crippen molar-refractivity contribution in [3.8, 4) is 0 Å². The summed E-state index contributed by atoms with van der Waals surface area (Å²) in [5.41, 5.74) is 0.991. The van der Waals surface area contributed by atoms with E-state index >= 15 is 0 Å². The topological polar surface area (TPSA) is 35.0 Å². The largest absolute Gasteiger partial charge is 0.370 e. The molecule has 0 aliphatic rings. The maximum atomic E-state index is 6.08. The first-order valence-electron chi connectivity index (χ1n) is 6.59. The maximum absolute atomic E-state index is 6.08. The van der Waals surface area contributed by atoms with Crippen LogP contribution in [0, 0.1) is 11.8 Å².